The minimum Gasteiger partial charge on any atom is -0.211 e. The fourth-order valence-electron chi connectivity index (χ4n) is 1.43. The standard InChI is InChI=1S/C12H17BrClNO2S/c1-10(9-14)3-2-8-15-18(16,17)12-6-4-11(13)5-7-12/h4-7,10,15H,2-3,8-9H2,1H3. The predicted octanol–water partition coefficient (Wildman–Crippen LogP) is 3.38. The van der Waals surface area contributed by atoms with Gasteiger partial charge in [0.2, 0.25) is 10.0 Å². The third-order valence-electron chi connectivity index (χ3n) is 2.55. The quantitative estimate of drug-likeness (QED) is 0.602. The smallest absolute Gasteiger partial charge is 0.211 e. The van der Waals surface area contributed by atoms with Crippen molar-refractivity contribution in [2.24, 2.45) is 5.92 Å². The van der Waals surface area contributed by atoms with E-state index in [1.807, 2.05) is 0 Å². The summed E-state index contributed by atoms with van der Waals surface area (Å²) in [7, 11) is -3.39. The van der Waals surface area contributed by atoms with Crippen LogP contribution in [0.3, 0.4) is 0 Å². The summed E-state index contributed by atoms with van der Waals surface area (Å²) in [6, 6.07) is 6.58. The zero-order valence-electron chi connectivity index (χ0n) is 10.2. The highest BCUT2D eigenvalue weighted by Crippen LogP contribution is 2.14. The third-order valence-corrected chi connectivity index (χ3v) is 5.09. The SMILES string of the molecule is CC(CCl)CCCNS(=O)(=O)c1ccc(Br)cc1. The second kappa shape index (κ2) is 7.48. The molecular formula is C12H17BrClNO2S. The first-order valence-corrected chi connectivity index (χ1v) is 8.58. The average molecular weight is 355 g/mol. The van der Waals surface area contributed by atoms with Crippen LogP contribution in [0, 0.1) is 5.92 Å². The van der Waals surface area contributed by atoms with Gasteiger partial charge < -0.3 is 0 Å². The van der Waals surface area contributed by atoms with Gasteiger partial charge in [0.15, 0.2) is 0 Å². The van der Waals surface area contributed by atoms with Gasteiger partial charge in [-0.15, -0.1) is 11.6 Å². The van der Waals surface area contributed by atoms with E-state index in [0.29, 0.717) is 18.3 Å². The number of alkyl halides is 1. The highest BCUT2D eigenvalue weighted by atomic mass is 79.9. The third kappa shape index (κ3) is 5.26. The lowest BCUT2D eigenvalue weighted by molar-refractivity contribution is 0.543. The van der Waals surface area contributed by atoms with Gasteiger partial charge in [-0.2, -0.15) is 0 Å². The Balaban J connectivity index is 2.48. The van der Waals surface area contributed by atoms with Gasteiger partial charge in [-0.05, 0) is 43.0 Å². The Morgan fingerprint density at radius 1 is 1.33 bits per heavy atom. The van der Waals surface area contributed by atoms with Crippen LogP contribution in [0.25, 0.3) is 0 Å². The van der Waals surface area contributed by atoms with Crippen molar-refractivity contribution in [3.05, 3.63) is 28.7 Å². The van der Waals surface area contributed by atoms with Crippen molar-refractivity contribution in [2.75, 3.05) is 12.4 Å². The number of halogens is 2. The van der Waals surface area contributed by atoms with E-state index in [2.05, 4.69) is 27.6 Å². The predicted molar refractivity (Wildman–Crippen MR) is 78.4 cm³/mol. The van der Waals surface area contributed by atoms with Crippen molar-refractivity contribution in [1.29, 1.82) is 0 Å². The molecule has 18 heavy (non-hydrogen) atoms. The number of rotatable bonds is 7. The first-order valence-electron chi connectivity index (χ1n) is 5.77. The molecule has 0 aliphatic heterocycles. The van der Waals surface area contributed by atoms with Crippen LogP contribution in [0.5, 0.6) is 0 Å². The largest absolute Gasteiger partial charge is 0.240 e. The molecule has 1 unspecified atom stereocenters. The molecule has 0 spiro atoms. The van der Waals surface area contributed by atoms with E-state index in [-0.39, 0.29) is 4.90 Å². The van der Waals surface area contributed by atoms with Crippen LogP contribution >= 0.6 is 27.5 Å². The second-order valence-electron chi connectivity index (χ2n) is 4.25. The fourth-order valence-corrected chi connectivity index (χ4v) is 2.92. The van der Waals surface area contributed by atoms with Crippen molar-refractivity contribution in [3.63, 3.8) is 0 Å². The fraction of sp³-hybridized carbons (Fsp3) is 0.500. The van der Waals surface area contributed by atoms with E-state index in [1.54, 1.807) is 24.3 Å². The summed E-state index contributed by atoms with van der Waals surface area (Å²) in [5.74, 6) is 1.03. The van der Waals surface area contributed by atoms with Crippen LogP contribution in [-0.4, -0.2) is 20.8 Å². The van der Waals surface area contributed by atoms with E-state index in [1.165, 1.54) is 0 Å². The topological polar surface area (TPSA) is 46.2 Å². The van der Waals surface area contributed by atoms with Crippen LogP contribution in [0.15, 0.2) is 33.6 Å². The van der Waals surface area contributed by atoms with Crippen LogP contribution in [0.4, 0.5) is 0 Å². The molecule has 1 rings (SSSR count). The molecule has 0 bridgehead atoms. The lowest BCUT2D eigenvalue weighted by Crippen LogP contribution is -2.25. The summed E-state index contributed by atoms with van der Waals surface area (Å²) in [4.78, 5) is 0.288. The summed E-state index contributed by atoms with van der Waals surface area (Å²) < 4.78 is 27.3. The van der Waals surface area contributed by atoms with Gasteiger partial charge in [0.05, 0.1) is 4.90 Å². The van der Waals surface area contributed by atoms with Crippen LogP contribution < -0.4 is 4.72 Å². The molecule has 1 atom stereocenters. The summed E-state index contributed by atoms with van der Waals surface area (Å²) >= 11 is 8.96. The Kier molecular flexibility index (Phi) is 6.63. The minimum atomic E-state index is -3.39. The molecule has 1 N–H and O–H groups in total. The van der Waals surface area contributed by atoms with E-state index >= 15 is 0 Å². The lowest BCUT2D eigenvalue weighted by atomic mass is 10.1. The molecule has 0 saturated heterocycles. The normalized spacial score (nSPS) is 13.5. The van der Waals surface area contributed by atoms with Gasteiger partial charge in [0.25, 0.3) is 0 Å². The van der Waals surface area contributed by atoms with Gasteiger partial charge in [-0.1, -0.05) is 22.9 Å². The Morgan fingerprint density at radius 2 is 1.94 bits per heavy atom. The zero-order chi connectivity index (χ0) is 13.6. The first-order chi connectivity index (χ1) is 8.45. The van der Waals surface area contributed by atoms with E-state index in [9.17, 15) is 8.42 Å². The lowest BCUT2D eigenvalue weighted by Gasteiger charge is -2.09. The minimum absolute atomic E-state index is 0.288. The summed E-state index contributed by atoms with van der Waals surface area (Å²) in [6.07, 6.45) is 1.72. The first kappa shape index (κ1) is 16.0. The van der Waals surface area contributed by atoms with Crippen molar-refractivity contribution >= 4 is 37.6 Å². The number of hydrogen-bond donors (Lipinski definition) is 1. The van der Waals surface area contributed by atoms with Gasteiger partial charge in [0.1, 0.15) is 0 Å². The van der Waals surface area contributed by atoms with Crippen molar-refractivity contribution in [2.45, 2.75) is 24.7 Å². The Bertz CT molecular complexity index is 461. The molecule has 0 heterocycles. The molecule has 1 aromatic rings. The zero-order valence-corrected chi connectivity index (χ0v) is 13.4. The van der Waals surface area contributed by atoms with Gasteiger partial charge in [0, 0.05) is 16.9 Å². The molecule has 1 aromatic carbocycles. The molecule has 102 valence electrons. The molecular weight excluding hydrogens is 338 g/mol. The summed E-state index contributed by atoms with van der Waals surface area (Å²) in [5.41, 5.74) is 0. The van der Waals surface area contributed by atoms with E-state index in [0.717, 1.165) is 17.3 Å². The van der Waals surface area contributed by atoms with Gasteiger partial charge in [-0.25, -0.2) is 13.1 Å². The monoisotopic (exact) mass is 353 g/mol. The Labute approximate surface area is 122 Å². The molecule has 3 nitrogen and oxygen atoms in total. The molecule has 0 radical (unpaired) electrons. The summed E-state index contributed by atoms with van der Waals surface area (Å²) in [5, 5.41) is 0. The second-order valence-corrected chi connectivity index (χ2v) is 7.24. The Morgan fingerprint density at radius 3 is 2.50 bits per heavy atom. The molecule has 0 fully saturated rings. The highest BCUT2D eigenvalue weighted by Gasteiger charge is 2.12. The van der Waals surface area contributed by atoms with Gasteiger partial charge in [-0.3, -0.25) is 0 Å². The number of benzene rings is 1. The Hall–Kier alpha value is -0.100. The molecule has 0 amide bonds. The average Bonchev–Trinajstić information content (AvgIpc) is 2.35. The molecule has 0 saturated carbocycles. The van der Waals surface area contributed by atoms with Crippen LogP contribution in [0.1, 0.15) is 19.8 Å². The number of nitrogens with one attached hydrogen (secondary N) is 1. The maximum atomic E-state index is 11.9. The summed E-state index contributed by atoms with van der Waals surface area (Å²) in [6.45, 7) is 2.50. The number of sulfonamides is 1. The number of hydrogen-bond acceptors (Lipinski definition) is 2. The molecule has 0 aliphatic rings. The molecule has 0 aromatic heterocycles. The molecule has 6 heteroatoms. The van der Waals surface area contributed by atoms with Crippen molar-refractivity contribution in [1.82, 2.24) is 4.72 Å². The maximum Gasteiger partial charge on any atom is 0.240 e. The maximum absolute atomic E-state index is 11.9. The highest BCUT2D eigenvalue weighted by molar-refractivity contribution is 9.10. The van der Waals surface area contributed by atoms with Gasteiger partial charge >= 0.3 is 0 Å². The van der Waals surface area contributed by atoms with Crippen molar-refractivity contribution < 1.29 is 8.42 Å². The van der Waals surface area contributed by atoms with E-state index in [4.69, 9.17) is 11.6 Å². The van der Waals surface area contributed by atoms with E-state index < -0.39 is 10.0 Å². The molecule has 0 aliphatic carbocycles. The van der Waals surface area contributed by atoms with Crippen LogP contribution in [-0.2, 0) is 10.0 Å². The van der Waals surface area contributed by atoms with Crippen LogP contribution in [0.2, 0.25) is 0 Å². The van der Waals surface area contributed by atoms with Crippen molar-refractivity contribution in [3.8, 4) is 0 Å².